The van der Waals surface area contributed by atoms with E-state index in [9.17, 15) is 9.59 Å². The molecular weight excluding hydrogens is 232 g/mol. The maximum atomic E-state index is 11.9. The maximum Gasteiger partial charge on any atom is 0.269 e. The smallest absolute Gasteiger partial charge is 0.269 e. The molecule has 6 heteroatoms. The quantitative estimate of drug-likeness (QED) is 0.816. The van der Waals surface area contributed by atoms with Crippen LogP contribution in [0.4, 0.5) is 5.82 Å². The first kappa shape index (κ1) is 11.1. The van der Waals surface area contributed by atoms with E-state index < -0.39 is 5.91 Å². The minimum atomic E-state index is -0.614. The highest BCUT2D eigenvalue weighted by atomic mass is 16.2. The number of hydrogen-bond acceptors (Lipinski definition) is 4. The molecule has 1 aromatic rings. The van der Waals surface area contributed by atoms with E-state index >= 15 is 0 Å². The van der Waals surface area contributed by atoms with Gasteiger partial charge >= 0.3 is 0 Å². The number of rotatable bonds is 3. The van der Waals surface area contributed by atoms with Crippen LogP contribution in [0.15, 0.2) is 6.07 Å². The van der Waals surface area contributed by atoms with Crippen molar-refractivity contribution in [3.63, 3.8) is 0 Å². The molecule has 2 aliphatic carbocycles. The monoisotopic (exact) mass is 246 g/mol. The number of anilines is 1. The third kappa shape index (κ3) is 1.73. The van der Waals surface area contributed by atoms with E-state index in [0.29, 0.717) is 16.8 Å². The van der Waals surface area contributed by atoms with E-state index in [0.717, 1.165) is 19.3 Å². The van der Waals surface area contributed by atoms with E-state index in [1.165, 1.54) is 0 Å². The first-order valence-corrected chi connectivity index (χ1v) is 5.97. The predicted octanol–water partition coefficient (Wildman–Crippen LogP) is 0.623. The summed E-state index contributed by atoms with van der Waals surface area (Å²) in [7, 11) is 0. The summed E-state index contributed by atoms with van der Waals surface area (Å²) in [6.07, 6.45) is 3.32. The molecule has 0 bridgehead atoms. The van der Waals surface area contributed by atoms with Crippen molar-refractivity contribution >= 4 is 17.6 Å². The van der Waals surface area contributed by atoms with Crippen molar-refractivity contribution in [2.75, 3.05) is 5.32 Å². The normalized spacial score (nSPS) is 22.6. The number of carbonyl (C=O) groups excluding carboxylic acids is 2. The van der Waals surface area contributed by atoms with Gasteiger partial charge in [-0.3, -0.25) is 9.59 Å². The van der Waals surface area contributed by atoms with Gasteiger partial charge in [-0.15, -0.1) is 10.2 Å². The lowest BCUT2D eigenvalue weighted by molar-refractivity contribution is -0.117. The van der Waals surface area contributed by atoms with Crippen LogP contribution in [0.5, 0.6) is 0 Å². The van der Waals surface area contributed by atoms with Gasteiger partial charge in [0.2, 0.25) is 5.91 Å². The van der Waals surface area contributed by atoms with Gasteiger partial charge in [0.15, 0.2) is 11.5 Å². The molecule has 0 radical (unpaired) electrons. The summed E-state index contributed by atoms with van der Waals surface area (Å²) in [6.45, 7) is 1.71. The van der Waals surface area contributed by atoms with Crippen molar-refractivity contribution in [2.24, 2.45) is 17.1 Å². The molecule has 0 saturated heterocycles. The van der Waals surface area contributed by atoms with E-state index in [-0.39, 0.29) is 17.5 Å². The zero-order valence-electron chi connectivity index (χ0n) is 10.1. The molecule has 1 atom stereocenters. The molecule has 1 heterocycles. The number of hydrogen-bond donors (Lipinski definition) is 2. The van der Waals surface area contributed by atoms with Crippen LogP contribution in [0.1, 0.15) is 35.3 Å². The summed E-state index contributed by atoms with van der Waals surface area (Å²) in [5.74, 6) is -0.0920. The summed E-state index contributed by atoms with van der Waals surface area (Å²) >= 11 is 0. The van der Waals surface area contributed by atoms with E-state index in [1.54, 1.807) is 13.0 Å². The summed E-state index contributed by atoms with van der Waals surface area (Å²) in [6, 6.07) is 1.62. The van der Waals surface area contributed by atoms with Crippen LogP contribution in [0.3, 0.4) is 0 Å². The molecule has 0 aliphatic heterocycles. The largest absolute Gasteiger partial charge is 0.364 e. The van der Waals surface area contributed by atoms with Gasteiger partial charge in [-0.2, -0.15) is 0 Å². The lowest BCUT2D eigenvalue weighted by atomic mass is 10.2. The average molecular weight is 246 g/mol. The Morgan fingerprint density at radius 3 is 2.67 bits per heavy atom. The Morgan fingerprint density at radius 1 is 1.44 bits per heavy atom. The minimum absolute atomic E-state index is 0.00743. The Bertz CT molecular complexity index is 551. The lowest BCUT2D eigenvalue weighted by Gasteiger charge is -2.05. The Labute approximate surface area is 104 Å². The molecule has 3 rings (SSSR count). The van der Waals surface area contributed by atoms with Crippen molar-refractivity contribution in [2.45, 2.75) is 26.2 Å². The van der Waals surface area contributed by atoms with Crippen LogP contribution < -0.4 is 11.1 Å². The SMILES string of the molecule is Cc1cc(NC(=O)C2CC23CC3)nnc1C(N)=O. The minimum Gasteiger partial charge on any atom is -0.364 e. The van der Waals surface area contributed by atoms with Crippen molar-refractivity contribution in [3.05, 3.63) is 17.3 Å². The number of aromatic nitrogens is 2. The second-order valence-corrected chi connectivity index (χ2v) is 5.23. The summed E-state index contributed by atoms with van der Waals surface area (Å²) in [4.78, 5) is 22.9. The highest BCUT2D eigenvalue weighted by Crippen LogP contribution is 2.70. The number of nitrogens with two attached hydrogens (primary N) is 1. The fraction of sp³-hybridized carbons (Fsp3) is 0.500. The number of aryl methyl sites for hydroxylation is 1. The van der Waals surface area contributed by atoms with Gasteiger partial charge in [-0.05, 0) is 43.2 Å². The van der Waals surface area contributed by atoms with Crippen molar-refractivity contribution in [1.82, 2.24) is 10.2 Å². The summed E-state index contributed by atoms with van der Waals surface area (Å²) < 4.78 is 0. The molecule has 1 spiro atoms. The first-order valence-electron chi connectivity index (χ1n) is 5.97. The number of nitrogens with one attached hydrogen (secondary N) is 1. The molecule has 3 N–H and O–H groups in total. The van der Waals surface area contributed by atoms with Crippen LogP contribution in [0.2, 0.25) is 0 Å². The third-order valence-corrected chi connectivity index (χ3v) is 3.87. The standard InChI is InChI=1S/C12H14N4O2/c1-6-4-8(15-16-9(6)10(13)17)14-11(18)7-5-12(7)2-3-12/h4,7H,2-3,5H2,1H3,(H2,13,17)(H,14,15,18). The van der Waals surface area contributed by atoms with E-state index in [4.69, 9.17) is 5.73 Å². The molecular formula is C12H14N4O2. The highest BCUT2D eigenvalue weighted by molar-refractivity contribution is 5.95. The fourth-order valence-electron chi connectivity index (χ4n) is 2.43. The van der Waals surface area contributed by atoms with Crippen molar-refractivity contribution in [3.8, 4) is 0 Å². The van der Waals surface area contributed by atoms with Crippen molar-refractivity contribution in [1.29, 1.82) is 0 Å². The zero-order valence-corrected chi connectivity index (χ0v) is 10.1. The maximum absolute atomic E-state index is 11.9. The second kappa shape index (κ2) is 3.51. The Balaban J connectivity index is 1.71. The van der Waals surface area contributed by atoms with Crippen LogP contribution in [0.25, 0.3) is 0 Å². The predicted molar refractivity (Wildman–Crippen MR) is 63.7 cm³/mol. The van der Waals surface area contributed by atoms with Gasteiger partial charge < -0.3 is 11.1 Å². The zero-order chi connectivity index (χ0) is 12.9. The summed E-state index contributed by atoms with van der Waals surface area (Å²) in [5.41, 5.74) is 6.21. The Morgan fingerprint density at radius 2 is 2.17 bits per heavy atom. The third-order valence-electron chi connectivity index (χ3n) is 3.87. The molecule has 18 heavy (non-hydrogen) atoms. The molecule has 0 aromatic carbocycles. The van der Waals surface area contributed by atoms with Gasteiger partial charge in [0, 0.05) is 5.92 Å². The summed E-state index contributed by atoms with van der Waals surface area (Å²) in [5, 5.41) is 10.3. The van der Waals surface area contributed by atoms with Gasteiger partial charge in [-0.25, -0.2) is 0 Å². The van der Waals surface area contributed by atoms with Crippen LogP contribution in [-0.2, 0) is 4.79 Å². The Hall–Kier alpha value is -1.98. The topological polar surface area (TPSA) is 98.0 Å². The lowest BCUT2D eigenvalue weighted by Crippen LogP contribution is -2.19. The molecule has 2 fully saturated rings. The number of carbonyl (C=O) groups is 2. The molecule has 94 valence electrons. The molecule has 2 saturated carbocycles. The number of nitrogens with zero attached hydrogens (tertiary/aromatic N) is 2. The number of amides is 2. The van der Waals surface area contributed by atoms with Crippen molar-refractivity contribution < 1.29 is 9.59 Å². The van der Waals surface area contributed by atoms with Gasteiger partial charge in [0.05, 0.1) is 0 Å². The molecule has 2 aliphatic rings. The van der Waals surface area contributed by atoms with E-state index in [1.807, 2.05) is 0 Å². The molecule has 2 amide bonds. The van der Waals surface area contributed by atoms with Gasteiger partial charge in [0.25, 0.3) is 5.91 Å². The van der Waals surface area contributed by atoms with Crippen LogP contribution in [-0.4, -0.2) is 22.0 Å². The van der Waals surface area contributed by atoms with Crippen LogP contribution in [0, 0.1) is 18.3 Å². The van der Waals surface area contributed by atoms with Gasteiger partial charge in [0.1, 0.15) is 0 Å². The average Bonchev–Trinajstić information content (AvgIpc) is 3.19. The van der Waals surface area contributed by atoms with Crippen LogP contribution >= 0.6 is 0 Å². The second-order valence-electron chi connectivity index (χ2n) is 5.23. The fourth-order valence-corrected chi connectivity index (χ4v) is 2.43. The van der Waals surface area contributed by atoms with E-state index in [2.05, 4.69) is 15.5 Å². The van der Waals surface area contributed by atoms with Gasteiger partial charge in [-0.1, -0.05) is 0 Å². The molecule has 6 nitrogen and oxygen atoms in total. The first-order chi connectivity index (χ1) is 8.52. The number of primary amides is 1. The Kier molecular flexibility index (Phi) is 2.17. The molecule has 1 aromatic heterocycles. The molecule has 1 unspecified atom stereocenters. The highest BCUT2D eigenvalue weighted by Gasteiger charge is 2.65.